The molecule has 1 aromatic carbocycles. The molecule has 1 heterocycles. The van der Waals surface area contributed by atoms with Crippen LogP contribution >= 0.6 is 11.6 Å². The van der Waals surface area contributed by atoms with E-state index in [-0.39, 0.29) is 5.41 Å². The smallest absolute Gasteiger partial charge is 0.235 e. The molecule has 0 bridgehead atoms. The molecule has 0 N–H and O–H groups in total. The van der Waals surface area contributed by atoms with Crippen molar-refractivity contribution in [3.63, 3.8) is 0 Å². The zero-order valence-electron chi connectivity index (χ0n) is 12.2. The summed E-state index contributed by atoms with van der Waals surface area (Å²) in [6, 6.07) is 3.65. The summed E-state index contributed by atoms with van der Waals surface area (Å²) >= 11 is 6.39. The first kappa shape index (κ1) is 14.4. The Morgan fingerprint density at radius 2 is 1.81 bits per heavy atom. The highest BCUT2D eigenvalue weighted by molar-refractivity contribution is 6.31. The first-order chi connectivity index (χ1) is 9.96. The van der Waals surface area contributed by atoms with Crippen LogP contribution in [-0.4, -0.2) is 19.3 Å². The molecule has 0 saturated heterocycles. The summed E-state index contributed by atoms with van der Waals surface area (Å²) in [5.74, 6) is 1.33. The fourth-order valence-corrected chi connectivity index (χ4v) is 3.08. The van der Waals surface area contributed by atoms with E-state index in [0.29, 0.717) is 29.7 Å². The molecule has 0 unspecified atom stereocenters. The number of hydrogen-bond donors (Lipinski definition) is 0. The van der Waals surface area contributed by atoms with Gasteiger partial charge in [-0.2, -0.15) is 4.99 Å². The molecule has 0 aromatic heterocycles. The van der Waals surface area contributed by atoms with Crippen molar-refractivity contribution in [3.05, 3.63) is 22.7 Å². The van der Waals surface area contributed by atoms with Crippen LogP contribution in [0.1, 0.15) is 38.7 Å². The molecule has 1 fully saturated rings. The molecule has 4 nitrogen and oxygen atoms in total. The Labute approximate surface area is 129 Å². The topological polar surface area (TPSA) is 47.9 Å². The number of rotatable bonds is 2. The molecule has 0 atom stereocenters. The molecular formula is C16H18ClNO3. The summed E-state index contributed by atoms with van der Waals surface area (Å²) in [4.78, 5) is 14.7. The highest BCUT2D eigenvalue weighted by atomic mass is 35.5. The van der Waals surface area contributed by atoms with Gasteiger partial charge in [0.25, 0.3) is 0 Å². The van der Waals surface area contributed by atoms with Crippen LogP contribution < -0.4 is 9.47 Å². The van der Waals surface area contributed by atoms with Crippen molar-refractivity contribution in [3.8, 4) is 11.5 Å². The molecule has 1 aliphatic carbocycles. The Morgan fingerprint density at radius 3 is 2.33 bits per heavy atom. The van der Waals surface area contributed by atoms with Gasteiger partial charge in [-0.05, 0) is 25.3 Å². The van der Waals surface area contributed by atoms with E-state index in [1.165, 1.54) is 0 Å². The number of benzene rings is 1. The molecule has 21 heavy (non-hydrogen) atoms. The van der Waals surface area contributed by atoms with E-state index in [4.69, 9.17) is 21.1 Å². The van der Waals surface area contributed by atoms with E-state index < -0.39 is 5.54 Å². The second kappa shape index (κ2) is 5.04. The van der Waals surface area contributed by atoms with Gasteiger partial charge in [0.1, 0.15) is 0 Å². The molecule has 5 heteroatoms. The lowest BCUT2D eigenvalue weighted by molar-refractivity contribution is 0.140. The largest absolute Gasteiger partial charge is 0.489 e. The third kappa shape index (κ3) is 2.54. The van der Waals surface area contributed by atoms with E-state index in [0.717, 1.165) is 24.8 Å². The summed E-state index contributed by atoms with van der Waals surface area (Å²) in [6.07, 6.45) is 4.34. The molecule has 0 spiro atoms. The number of hydrogen-bond acceptors (Lipinski definition) is 4. The highest BCUT2D eigenvalue weighted by Crippen LogP contribution is 2.50. The Balaban J connectivity index is 2.02. The van der Waals surface area contributed by atoms with Crippen molar-refractivity contribution < 1.29 is 14.3 Å². The highest BCUT2D eigenvalue weighted by Gasteiger charge is 2.41. The molecule has 1 saturated carbocycles. The Morgan fingerprint density at radius 1 is 1.19 bits per heavy atom. The first-order valence-corrected chi connectivity index (χ1v) is 7.52. The van der Waals surface area contributed by atoms with Crippen LogP contribution in [0.3, 0.4) is 0 Å². The lowest BCUT2D eigenvalue weighted by atomic mass is 9.72. The average molecular weight is 308 g/mol. The first-order valence-electron chi connectivity index (χ1n) is 7.14. The summed E-state index contributed by atoms with van der Waals surface area (Å²) in [6.45, 7) is 5.33. The quantitative estimate of drug-likeness (QED) is 0.616. The van der Waals surface area contributed by atoms with E-state index >= 15 is 0 Å². The molecule has 0 radical (unpaired) electrons. The van der Waals surface area contributed by atoms with Crippen molar-refractivity contribution in [1.29, 1.82) is 0 Å². The van der Waals surface area contributed by atoms with Crippen LogP contribution in [0, 0.1) is 5.41 Å². The number of nitrogens with zero attached hydrogens (tertiary/aromatic N) is 1. The van der Waals surface area contributed by atoms with E-state index in [9.17, 15) is 4.79 Å². The third-order valence-corrected chi connectivity index (χ3v) is 4.52. The Kier molecular flexibility index (Phi) is 3.46. The van der Waals surface area contributed by atoms with E-state index in [1.54, 1.807) is 12.1 Å². The van der Waals surface area contributed by atoms with Gasteiger partial charge in [-0.15, -0.1) is 0 Å². The molecule has 112 valence electrons. The van der Waals surface area contributed by atoms with Gasteiger partial charge in [0.2, 0.25) is 6.08 Å². The van der Waals surface area contributed by atoms with Gasteiger partial charge >= 0.3 is 0 Å². The van der Waals surface area contributed by atoms with Gasteiger partial charge in [-0.25, -0.2) is 4.79 Å². The fourth-order valence-electron chi connectivity index (χ4n) is 2.75. The minimum absolute atomic E-state index is 0.0548. The van der Waals surface area contributed by atoms with Crippen molar-refractivity contribution in [2.45, 2.75) is 38.6 Å². The van der Waals surface area contributed by atoms with E-state index in [2.05, 4.69) is 18.8 Å². The van der Waals surface area contributed by atoms with Gasteiger partial charge in [0, 0.05) is 17.0 Å². The van der Waals surface area contributed by atoms with Crippen molar-refractivity contribution in [1.82, 2.24) is 0 Å². The summed E-state index contributed by atoms with van der Waals surface area (Å²) in [5.41, 5.74) is 0.251. The standard InChI is InChI=1S/C16H18ClNO3/c1-15(2)8-20-13-6-11(12(17)7-14(13)21-9-15)16(18-10-19)4-3-5-16/h6-7H,3-5,8-9H2,1-2H3. The average Bonchev–Trinajstić information content (AvgIpc) is 2.53. The van der Waals surface area contributed by atoms with Crippen LogP contribution in [0.25, 0.3) is 0 Å². The maximum atomic E-state index is 10.7. The number of aliphatic imine (C=N–C) groups is 1. The number of isocyanates is 1. The van der Waals surface area contributed by atoms with E-state index in [1.807, 2.05) is 6.07 Å². The SMILES string of the molecule is CC1(C)COc2cc(Cl)c(C3(N=C=O)CCC3)cc2OC1. The molecule has 1 aliphatic heterocycles. The van der Waals surface area contributed by atoms with Crippen molar-refractivity contribution in [2.75, 3.05) is 13.2 Å². The Bertz CT molecular complexity index is 616. The van der Waals surface area contributed by atoms with Gasteiger partial charge < -0.3 is 9.47 Å². The molecular weight excluding hydrogens is 290 g/mol. The molecule has 1 aromatic rings. The zero-order chi connectivity index (χ0) is 15.1. The van der Waals surface area contributed by atoms with Crippen molar-refractivity contribution >= 4 is 17.7 Å². The van der Waals surface area contributed by atoms with Crippen LogP contribution in [0.5, 0.6) is 11.5 Å². The molecule has 2 aliphatic rings. The summed E-state index contributed by atoms with van der Waals surface area (Å²) in [5, 5.41) is 0.566. The second-order valence-electron chi connectivity index (χ2n) is 6.61. The maximum absolute atomic E-state index is 10.7. The number of carbonyl (C=O) groups excluding carboxylic acids is 1. The van der Waals surface area contributed by atoms with Gasteiger partial charge in [-0.3, -0.25) is 0 Å². The molecule has 3 rings (SSSR count). The predicted octanol–water partition coefficient (Wildman–Crippen LogP) is 3.85. The van der Waals surface area contributed by atoms with Crippen LogP contribution in [0.4, 0.5) is 0 Å². The monoisotopic (exact) mass is 307 g/mol. The van der Waals surface area contributed by atoms with Crippen LogP contribution in [-0.2, 0) is 10.3 Å². The normalized spacial score (nSPS) is 21.7. The van der Waals surface area contributed by atoms with Gasteiger partial charge in [0.15, 0.2) is 11.5 Å². The number of fused-ring (bicyclic) bond motifs is 1. The van der Waals surface area contributed by atoms with Crippen LogP contribution in [0.2, 0.25) is 5.02 Å². The molecule has 0 amide bonds. The fraction of sp³-hybridized carbons (Fsp3) is 0.562. The van der Waals surface area contributed by atoms with Gasteiger partial charge in [-0.1, -0.05) is 25.4 Å². The summed E-state index contributed by atoms with van der Waals surface area (Å²) in [7, 11) is 0. The van der Waals surface area contributed by atoms with Gasteiger partial charge in [0.05, 0.1) is 23.8 Å². The van der Waals surface area contributed by atoms with Crippen molar-refractivity contribution in [2.24, 2.45) is 10.4 Å². The van der Waals surface area contributed by atoms with Crippen LogP contribution in [0.15, 0.2) is 17.1 Å². The Hall–Kier alpha value is -1.51. The minimum Gasteiger partial charge on any atom is -0.489 e. The number of ether oxygens (including phenoxy) is 2. The maximum Gasteiger partial charge on any atom is 0.235 e. The lowest BCUT2D eigenvalue weighted by Gasteiger charge is -2.37. The predicted molar refractivity (Wildman–Crippen MR) is 79.9 cm³/mol. The second-order valence-corrected chi connectivity index (χ2v) is 7.02. The summed E-state index contributed by atoms with van der Waals surface area (Å²) < 4.78 is 11.7. The number of halogens is 1. The lowest BCUT2D eigenvalue weighted by Crippen LogP contribution is -2.32. The zero-order valence-corrected chi connectivity index (χ0v) is 13.0. The third-order valence-electron chi connectivity index (χ3n) is 4.21. The minimum atomic E-state index is -0.529.